The Hall–Kier alpha value is -0.280. The van der Waals surface area contributed by atoms with Crippen LogP contribution in [0.2, 0.25) is 0 Å². The van der Waals surface area contributed by atoms with Gasteiger partial charge in [0.2, 0.25) is 5.12 Å². The molecule has 0 spiro atoms. The summed E-state index contributed by atoms with van der Waals surface area (Å²) in [6.45, 7) is 6.18. The monoisotopic (exact) mass is 186 g/mol. The minimum atomic E-state index is 0.0884. The Kier molecular flexibility index (Phi) is 3.82. The highest BCUT2D eigenvalue weighted by Crippen LogP contribution is 2.18. The van der Waals surface area contributed by atoms with Crippen LogP contribution in [0.5, 0.6) is 0 Å². The van der Waals surface area contributed by atoms with Gasteiger partial charge in [-0.15, -0.1) is 0 Å². The van der Waals surface area contributed by atoms with Crippen LogP contribution in [0.4, 0.5) is 0 Å². The molecular weight excluding hydrogens is 172 g/mol. The molecule has 1 saturated heterocycles. The third-order valence-corrected chi connectivity index (χ3v) is 2.92. The SMILES string of the molecule is C=C(C)C(=O)SCC1CCCO1. The third kappa shape index (κ3) is 2.99. The fourth-order valence-corrected chi connectivity index (χ4v) is 1.91. The maximum absolute atomic E-state index is 11.1. The molecule has 0 aliphatic carbocycles. The number of carbonyl (C=O) groups excluding carboxylic acids is 1. The van der Waals surface area contributed by atoms with Crippen molar-refractivity contribution >= 4 is 16.9 Å². The molecule has 0 aromatic rings. The van der Waals surface area contributed by atoms with Crippen molar-refractivity contribution in [1.82, 2.24) is 0 Å². The van der Waals surface area contributed by atoms with E-state index in [2.05, 4.69) is 6.58 Å². The van der Waals surface area contributed by atoms with Gasteiger partial charge >= 0.3 is 0 Å². The van der Waals surface area contributed by atoms with E-state index in [1.54, 1.807) is 6.92 Å². The highest BCUT2D eigenvalue weighted by Gasteiger charge is 2.16. The van der Waals surface area contributed by atoms with E-state index < -0.39 is 0 Å². The maximum Gasteiger partial charge on any atom is 0.214 e. The van der Waals surface area contributed by atoms with Crippen molar-refractivity contribution < 1.29 is 9.53 Å². The molecule has 2 nitrogen and oxygen atoms in total. The van der Waals surface area contributed by atoms with Crippen LogP contribution < -0.4 is 0 Å². The van der Waals surface area contributed by atoms with E-state index in [4.69, 9.17) is 4.74 Å². The van der Waals surface area contributed by atoms with Crippen molar-refractivity contribution in [2.45, 2.75) is 25.9 Å². The summed E-state index contributed by atoms with van der Waals surface area (Å²) >= 11 is 1.32. The summed E-state index contributed by atoms with van der Waals surface area (Å²) in [7, 11) is 0. The molecule has 1 rings (SSSR count). The number of carbonyl (C=O) groups is 1. The maximum atomic E-state index is 11.1. The van der Waals surface area contributed by atoms with Gasteiger partial charge in [0.05, 0.1) is 6.10 Å². The summed E-state index contributed by atoms with van der Waals surface area (Å²) < 4.78 is 5.38. The summed E-state index contributed by atoms with van der Waals surface area (Å²) in [4.78, 5) is 11.1. The molecule has 0 N–H and O–H groups in total. The second-order valence-corrected chi connectivity index (χ2v) is 4.01. The van der Waals surface area contributed by atoms with E-state index in [0.29, 0.717) is 11.7 Å². The van der Waals surface area contributed by atoms with Crippen molar-refractivity contribution in [3.63, 3.8) is 0 Å². The van der Waals surface area contributed by atoms with E-state index >= 15 is 0 Å². The second-order valence-electron chi connectivity index (χ2n) is 3.01. The number of hydrogen-bond acceptors (Lipinski definition) is 3. The fraction of sp³-hybridized carbons (Fsp3) is 0.667. The summed E-state index contributed by atoms with van der Waals surface area (Å²) in [6.07, 6.45) is 2.52. The normalized spacial score (nSPS) is 22.6. The average Bonchev–Trinajstić information content (AvgIpc) is 2.51. The average molecular weight is 186 g/mol. The first-order valence-electron chi connectivity index (χ1n) is 4.14. The lowest BCUT2D eigenvalue weighted by molar-refractivity contribution is -0.107. The molecule has 0 bridgehead atoms. The largest absolute Gasteiger partial charge is 0.377 e. The predicted molar refractivity (Wildman–Crippen MR) is 51.3 cm³/mol. The van der Waals surface area contributed by atoms with Gasteiger partial charge < -0.3 is 4.74 Å². The fourth-order valence-electron chi connectivity index (χ4n) is 1.07. The highest BCUT2D eigenvalue weighted by molar-refractivity contribution is 8.14. The molecule has 0 amide bonds. The van der Waals surface area contributed by atoms with E-state index in [1.807, 2.05) is 0 Å². The molecule has 1 unspecified atom stereocenters. The standard InChI is InChI=1S/C9H14O2S/c1-7(2)9(10)12-6-8-4-3-5-11-8/h8H,1,3-6H2,2H3. The molecule has 1 atom stereocenters. The molecular formula is C9H14O2S. The second kappa shape index (κ2) is 4.67. The topological polar surface area (TPSA) is 26.3 Å². The van der Waals surface area contributed by atoms with Gasteiger partial charge in [-0.05, 0) is 25.3 Å². The number of rotatable bonds is 3. The van der Waals surface area contributed by atoms with Crippen LogP contribution in [0.1, 0.15) is 19.8 Å². The Bertz CT molecular complexity index is 183. The lowest BCUT2D eigenvalue weighted by atomic mass is 10.3. The van der Waals surface area contributed by atoms with Gasteiger partial charge in [-0.2, -0.15) is 0 Å². The predicted octanol–water partition coefficient (Wildman–Crippen LogP) is 2.00. The Morgan fingerprint density at radius 3 is 3.00 bits per heavy atom. The van der Waals surface area contributed by atoms with Crippen LogP contribution in [0.25, 0.3) is 0 Å². The van der Waals surface area contributed by atoms with Crippen molar-refractivity contribution in [2.24, 2.45) is 0 Å². The summed E-state index contributed by atoms with van der Waals surface area (Å²) in [5, 5.41) is 0.0884. The summed E-state index contributed by atoms with van der Waals surface area (Å²) in [6, 6.07) is 0. The molecule has 12 heavy (non-hydrogen) atoms. The molecule has 1 aliphatic heterocycles. The van der Waals surface area contributed by atoms with Gasteiger partial charge in [0.1, 0.15) is 0 Å². The number of hydrogen-bond donors (Lipinski definition) is 0. The van der Waals surface area contributed by atoms with Crippen molar-refractivity contribution in [1.29, 1.82) is 0 Å². The molecule has 0 radical (unpaired) electrons. The van der Waals surface area contributed by atoms with Crippen molar-refractivity contribution in [3.05, 3.63) is 12.2 Å². The van der Waals surface area contributed by atoms with Gasteiger partial charge in [-0.25, -0.2) is 0 Å². The van der Waals surface area contributed by atoms with E-state index in [1.165, 1.54) is 11.8 Å². The van der Waals surface area contributed by atoms with Crippen LogP contribution in [0.15, 0.2) is 12.2 Å². The molecule has 1 fully saturated rings. The molecule has 1 heterocycles. The Morgan fingerprint density at radius 2 is 2.50 bits per heavy atom. The van der Waals surface area contributed by atoms with Crippen molar-refractivity contribution in [2.75, 3.05) is 12.4 Å². The van der Waals surface area contributed by atoms with Gasteiger partial charge in [0.15, 0.2) is 0 Å². The minimum absolute atomic E-state index is 0.0884. The van der Waals surface area contributed by atoms with Gasteiger partial charge in [-0.3, -0.25) is 4.79 Å². The van der Waals surface area contributed by atoms with Crippen LogP contribution in [0.3, 0.4) is 0 Å². The molecule has 0 aromatic heterocycles. The first-order valence-corrected chi connectivity index (χ1v) is 5.13. The van der Waals surface area contributed by atoms with Crippen LogP contribution in [-0.2, 0) is 9.53 Å². The van der Waals surface area contributed by atoms with E-state index in [-0.39, 0.29) is 5.12 Å². The molecule has 1 aliphatic rings. The third-order valence-electron chi connectivity index (χ3n) is 1.77. The zero-order chi connectivity index (χ0) is 8.97. The first-order chi connectivity index (χ1) is 5.70. The Balaban J connectivity index is 2.16. The van der Waals surface area contributed by atoms with E-state index in [0.717, 1.165) is 25.2 Å². The first kappa shape index (κ1) is 9.81. The zero-order valence-electron chi connectivity index (χ0n) is 7.34. The van der Waals surface area contributed by atoms with Gasteiger partial charge in [0.25, 0.3) is 0 Å². The molecule has 3 heteroatoms. The molecule has 68 valence electrons. The number of ether oxygens (including phenoxy) is 1. The quantitative estimate of drug-likeness (QED) is 0.631. The Labute approximate surface area is 77.4 Å². The van der Waals surface area contributed by atoms with Crippen LogP contribution >= 0.6 is 11.8 Å². The summed E-state index contributed by atoms with van der Waals surface area (Å²) in [5.41, 5.74) is 0.623. The highest BCUT2D eigenvalue weighted by atomic mass is 32.2. The molecule has 0 saturated carbocycles. The zero-order valence-corrected chi connectivity index (χ0v) is 8.15. The van der Waals surface area contributed by atoms with Crippen LogP contribution in [0, 0.1) is 0 Å². The Morgan fingerprint density at radius 1 is 1.75 bits per heavy atom. The number of thioether (sulfide) groups is 1. The lowest BCUT2D eigenvalue weighted by Crippen LogP contribution is -2.10. The smallest absolute Gasteiger partial charge is 0.214 e. The van der Waals surface area contributed by atoms with Crippen molar-refractivity contribution in [3.8, 4) is 0 Å². The van der Waals surface area contributed by atoms with Crippen LogP contribution in [-0.4, -0.2) is 23.6 Å². The van der Waals surface area contributed by atoms with Gasteiger partial charge in [-0.1, -0.05) is 18.3 Å². The summed E-state index contributed by atoms with van der Waals surface area (Å²) in [5.74, 6) is 0.783. The van der Waals surface area contributed by atoms with Gasteiger partial charge in [0, 0.05) is 12.4 Å². The van der Waals surface area contributed by atoms with E-state index in [9.17, 15) is 4.79 Å². The lowest BCUT2D eigenvalue weighted by Gasteiger charge is -2.06. The molecule has 0 aromatic carbocycles. The minimum Gasteiger partial charge on any atom is -0.377 e.